The van der Waals surface area contributed by atoms with Gasteiger partial charge < -0.3 is 5.73 Å². The van der Waals surface area contributed by atoms with E-state index in [-0.39, 0.29) is 5.00 Å². The molecule has 86 valence electrons. The van der Waals surface area contributed by atoms with Crippen LogP contribution in [0.3, 0.4) is 0 Å². The van der Waals surface area contributed by atoms with Crippen LogP contribution in [0.5, 0.6) is 0 Å². The number of nitrogen functional groups attached to an aromatic ring is 1. The summed E-state index contributed by atoms with van der Waals surface area (Å²) in [6.45, 7) is 0. The minimum absolute atomic E-state index is 0.115. The number of nitro groups is 1. The van der Waals surface area contributed by atoms with Crippen LogP contribution in [0.15, 0.2) is 41.4 Å². The van der Waals surface area contributed by atoms with Crippen LogP contribution in [0.1, 0.15) is 4.88 Å². The van der Waals surface area contributed by atoms with E-state index in [1.165, 1.54) is 6.07 Å². The number of rotatable bonds is 3. The van der Waals surface area contributed by atoms with Crippen molar-refractivity contribution in [3.63, 3.8) is 0 Å². The molecule has 6 heteroatoms. The number of hydrogen-bond acceptors (Lipinski definition) is 5. The van der Waals surface area contributed by atoms with Crippen molar-refractivity contribution >= 4 is 33.9 Å². The summed E-state index contributed by atoms with van der Waals surface area (Å²) in [5, 5.41) is 10.6. The quantitative estimate of drug-likeness (QED) is 0.392. The summed E-state index contributed by atoms with van der Waals surface area (Å²) in [5.41, 5.74) is 6.98. The number of hydrogen-bond donors (Lipinski definition) is 1. The van der Waals surface area contributed by atoms with Gasteiger partial charge in [0.1, 0.15) is 0 Å². The second-order valence-electron chi connectivity index (χ2n) is 3.28. The van der Waals surface area contributed by atoms with E-state index in [1.807, 2.05) is 0 Å². The predicted octanol–water partition coefficient (Wildman–Crippen LogP) is 2.99. The van der Waals surface area contributed by atoms with Crippen LogP contribution >= 0.6 is 11.3 Å². The molecule has 0 fully saturated rings. The number of nitrogens with zero attached hydrogens (tertiary/aromatic N) is 2. The highest BCUT2D eigenvalue weighted by atomic mass is 32.1. The van der Waals surface area contributed by atoms with Gasteiger partial charge >= 0.3 is 5.00 Å². The first-order valence-electron chi connectivity index (χ1n) is 4.79. The first kappa shape index (κ1) is 11.3. The SMILES string of the molecule is Nc1ccc(/N=C\c2ccc([N+](=O)[O-])s2)cc1. The zero-order valence-corrected chi connectivity index (χ0v) is 9.55. The molecule has 0 amide bonds. The molecule has 0 radical (unpaired) electrons. The van der Waals surface area contributed by atoms with Gasteiger partial charge in [-0.25, -0.2) is 0 Å². The first-order valence-corrected chi connectivity index (χ1v) is 5.60. The van der Waals surface area contributed by atoms with E-state index in [4.69, 9.17) is 5.73 Å². The van der Waals surface area contributed by atoms with Crippen molar-refractivity contribution in [1.29, 1.82) is 0 Å². The molecule has 0 atom stereocenters. The molecule has 2 rings (SSSR count). The fourth-order valence-electron chi connectivity index (χ4n) is 1.21. The lowest BCUT2D eigenvalue weighted by atomic mass is 10.3. The fourth-order valence-corrected chi connectivity index (χ4v) is 1.90. The maximum atomic E-state index is 10.5. The Kier molecular flexibility index (Phi) is 3.15. The van der Waals surface area contributed by atoms with Crippen molar-refractivity contribution in [3.05, 3.63) is 51.4 Å². The number of anilines is 1. The van der Waals surface area contributed by atoms with E-state index in [2.05, 4.69) is 4.99 Å². The number of benzene rings is 1. The van der Waals surface area contributed by atoms with Gasteiger partial charge in [0.2, 0.25) is 0 Å². The highest BCUT2D eigenvalue weighted by molar-refractivity contribution is 7.16. The Balaban J connectivity index is 2.14. The molecule has 0 spiro atoms. The van der Waals surface area contributed by atoms with Crippen molar-refractivity contribution in [1.82, 2.24) is 0 Å². The highest BCUT2D eigenvalue weighted by Crippen LogP contribution is 2.23. The van der Waals surface area contributed by atoms with E-state index in [0.29, 0.717) is 5.69 Å². The molecule has 17 heavy (non-hydrogen) atoms. The van der Waals surface area contributed by atoms with Crippen molar-refractivity contribution in [3.8, 4) is 0 Å². The normalized spacial score (nSPS) is 10.8. The van der Waals surface area contributed by atoms with Gasteiger partial charge in [-0.1, -0.05) is 11.3 Å². The van der Waals surface area contributed by atoms with Crippen molar-refractivity contribution < 1.29 is 4.92 Å². The summed E-state index contributed by atoms with van der Waals surface area (Å²) in [7, 11) is 0. The lowest BCUT2D eigenvalue weighted by Crippen LogP contribution is -1.81. The van der Waals surface area contributed by atoms with E-state index in [9.17, 15) is 10.1 Å². The van der Waals surface area contributed by atoms with Crippen LogP contribution in [-0.4, -0.2) is 11.1 Å². The highest BCUT2D eigenvalue weighted by Gasteiger charge is 2.07. The maximum Gasteiger partial charge on any atom is 0.324 e. The largest absolute Gasteiger partial charge is 0.399 e. The zero-order chi connectivity index (χ0) is 12.3. The van der Waals surface area contributed by atoms with Gasteiger partial charge in [0.05, 0.1) is 15.5 Å². The Morgan fingerprint density at radius 2 is 1.94 bits per heavy atom. The third-order valence-corrected chi connectivity index (χ3v) is 3.00. The van der Waals surface area contributed by atoms with Crippen LogP contribution < -0.4 is 5.73 Å². The van der Waals surface area contributed by atoms with Gasteiger partial charge in [-0.2, -0.15) is 0 Å². The summed E-state index contributed by atoms with van der Waals surface area (Å²) < 4.78 is 0. The Morgan fingerprint density at radius 1 is 1.24 bits per heavy atom. The predicted molar refractivity (Wildman–Crippen MR) is 69.1 cm³/mol. The minimum Gasteiger partial charge on any atom is -0.399 e. The number of nitrogens with two attached hydrogens (primary N) is 1. The molecular weight excluding hydrogens is 238 g/mol. The van der Waals surface area contributed by atoms with Gasteiger partial charge in [0.25, 0.3) is 0 Å². The Bertz CT molecular complexity index is 560. The van der Waals surface area contributed by atoms with Gasteiger partial charge in [-0.05, 0) is 30.3 Å². The second kappa shape index (κ2) is 4.75. The van der Waals surface area contributed by atoms with Crippen LogP contribution in [0.4, 0.5) is 16.4 Å². The molecule has 2 aromatic rings. The molecule has 0 aliphatic rings. The first-order chi connectivity index (χ1) is 8.15. The fraction of sp³-hybridized carbons (Fsp3) is 0. The summed E-state index contributed by atoms with van der Waals surface area (Å²) in [6, 6.07) is 10.2. The molecule has 0 saturated heterocycles. The van der Waals surface area contributed by atoms with Crippen LogP contribution in [0.25, 0.3) is 0 Å². The van der Waals surface area contributed by atoms with Crippen molar-refractivity contribution in [2.45, 2.75) is 0 Å². The zero-order valence-electron chi connectivity index (χ0n) is 8.74. The molecule has 1 aromatic heterocycles. The summed E-state index contributed by atoms with van der Waals surface area (Å²) in [6.07, 6.45) is 1.60. The molecule has 0 bridgehead atoms. The lowest BCUT2D eigenvalue weighted by Gasteiger charge is -1.93. The molecule has 0 aliphatic carbocycles. The lowest BCUT2D eigenvalue weighted by molar-refractivity contribution is -0.380. The average Bonchev–Trinajstić information content (AvgIpc) is 2.77. The summed E-state index contributed by atoms with van der Waals surface area (Å²) in [4.78, 5) is 15.0. The van der Waals surface area contributed by atoms with Crippen LogP contribution in [0, 0.1) is 10.1 Å². The number of thiophene rings is 1. The van der Waals surface area contributed by atoms with Crippen LogP contribution in [-0.2, 0) is 0 Å². The maximum absolute atomic E-state index is 10.5. The van der Waals surface area contributed by atoms with Gasteiger partial charge in [0.15, 0.2) is 0 Å². The van der Waals surface area contributed by atoms with Crippen molar-refractivity contribution in [2.24, 2.45) is 4.99 Å². The van der Waals surface area contributed by atoms with Crippen LogP contribution in [0.2, 0.25) is 0 Å². The van der Waals surface area contributed by atoms with E-state index in [1.54, 1.807) is 36.5 Å². The third kappa shape index (κ3) is 2.88. The number of aliphatic imine (C=N–C) groups is 1. The topological polar surface area (TPSA) is 81.5 Å². The van der Waals surface area contributed by atoms with Gasteiger partial charge in [0, 0.05) is 18.0 Å². The molecule has 1 aromatic carbocycles. The average molecular weight is 247 g/mol. The van der Waals surface area contributed by atoms with Gasteiger partial charge in [-0.3, -0.25) is 15.1 Å². The van der Waals surface area contributed by atoms with Crippen molar-refractivity contribution in [2.75, 3.05) is 5.73 Å². The monoisotopic (exact) mass is 247 g/mol. The Morgan fingerprint density at radius 3 is 2.53 bits per heavy atom. The standard InChI is InChI=1S/C11H9N3O2S/c12-8-1-3-9(4-2-8)13-7-10-5-6-11(17-10)14(15)16/h1-7H,12H2/b13-7-. The minimum atomic E-state index is -0.411. The summed E-state index contributed by atoms with van der Waals surface area (Å²) >= 11 is 1.09. The molecule has 0 saturated carbocycles. The molecule has 0 unspecified atom stereocenters. The molecular formula is C11H9N3O2S. The molecule has 5 nitrogen and oxygen atoms in total. The summed E-state index contributed by atoms with van der Waals surface area (Å²) in [5.74, 6) is 0. The molecule has 2 N–H and O–H groups in total. The second-order valence-corrected chi connectivity index (χ2v) is 4.38. The molecule has 0 aliphatic heterocycles. The Hall–Kier alpha value is -2.21. The van der Waals surface area contributed by atoms with E-state index in [0.717, 1.165) is 21.9 Å². The van der Waals surface area contributed by atoms with E-state index < -0.39 is 4.92 Å². The van der Waals surface area contributed by atoms with E-state index >= 15 is 0 Å². The van der Waals surface area contributed by atoms with Gasteiger partial charge in [-0.15, -0.1) is 0 Å². The smallest absolute Gasteiger partial charge is 0.324 e. The Labute approximate surface area is 101 Å². The molecule has 1 heterocycles. The third-order valence-electron chi connectivity index (χ3n) is 2.03.